The van der Waals surface area contributed by atoms with Crippen LogP contribution in [-0.2, 0) is 25.1 Å². The molecule has 3 saturated heterocycles. The van der Waals surface area contributed by atoms with Crippen molar-refractivity contribution in [3.8, 4) is 0 Å². The molecule has 0 radical (unpaired) electrons. The Morgan fingerprint density at radius 2 is 1.83 bits per heavy atom. The number of hydrogen-bond acceptors (Lipinski definition) is 4. The molecule has 0 unspecified atom stereocenters. The van der Waals surface area contributed by atoms with Gasteiger partial charge >= 0.3 is 0 Å². The summed E-state index contributed by atoms with van der Waals surface area (Å²) in [6.07, 6.45) is 1.29. The largest absolute Gasteiger partial charge is 0.412 e. The zero-order valence-corrected chi connectivity index (χ0v) is 20.5. The maximum absolute atomic E-state index is 13.5. The van der Waals surface area contributed by atoms with Gasteiger partial charge in [-0.15, -0.1) is 0 Å². The first-order chi connectivity index (χ1) is 13.9. The molecule has 0 aromatic heterocycles. The van der Waals surface area contributed by atoms with Crippen LogP contribution < -0.4 is 0 Å². The van der Waals surface area contributed by atoms with Gasteiger partial charge in [0.25, 0.3) is 0 Å². The van der Waals surface area contributed by atoms with Crippen molar-refractivity contribution in [1.82, 2.24) is 4.90 Å². The lowest BCUT2D eigenvalue weighted by Crippen LogP contribution is -2.60. The average molecular weight is 432 g/mol. The number of amides is 1. The molecule has 1 aromatic rings. The minimum absolute atomic E-state index is 0.0233. The third-order valence-electron chi connectivity index (χ3n) is 7.40. The molecular formula is C24H37NO4Si. The van der Waals surface area contributed by atoms with E-state index in [-0.39, 0.29) is 41.2 Å². The Bertz CT molecular complexity index is 788. The van der Waals surface area contributed by atoms with E-state index in [9.17, 15) is 4.79 Å². The average Bonchev–Trinajstić information content (AvgIpc) is 3.10. The van der Waals surface area contributed by atoms with Crippen molar-refractivity contribution in [2.75, 3.05) is 6.54 Å². The van der Waals surface area contributed by atoms with E-state index >= 15 is 0 Å². The Kier molecular flexibility index (Phi) is 5.45. The Balaban J connectivity index is 1.62. The van der Waals surface area contributed by atoms with Crippen LogP contribution in [0.1, 0.15) is 46.6 Å². The molecule has 166 valence electrons. The number of ether oxygens (including phenoxy) is 2. The number of benzene rings is 1. The molecule has 0 spiro atoms. The first-order valence-electron chi connectivity index (χ1n) is 11.3. The molecule has 0 saturated carbocycles. The highest BCUT2D eigenvalue weighted by atomic mass is 28.4. The lowest BCUT2D eigenvalue weighted by molar-refractivity contribution is -0.179. The van der Waals surface area contributed by atoms with Crippen LogP contribution in [-0.4, -0.2) is 55.8 Å². The summed E-state index contributed by atoms with van der Waals surface area (Å²) in [7, 11) is -2.01. The fraction of sp³-hybridized carbons (Fsp3) is 0.708. The van der Waals surface area contributed by atoms with E-state index in [0.29, 0.717) is 6.54 Å². The van der Waals surface area contributed by atoms with Crippen LogP contribution in [0, 0.1) is 5.92 Å². The molecule has 3 heterocycles. The second kappa shape index (κ2) is 7.43. The van der Waals surface area contributed by atoms with Gasteiger partial charge in [-0.3, -0.25) is 4.79 Å². The van der Waals surface area contributed by atoms with Gasteiger partial charge in [0.15, 0.2) is 14.1 Å². The van der Waals surface area contributed by atoms with Crippen LogP contribution in [0.25, 0.3) is 0 Å². The Hall–Kier alpha value is -1.21. The van der Waals surface area contributed by atoms with Gasteiger partial charge in [-0.2, -0.15) is 0 Å². The summed E-state index contributed by atoms with van der Waals surface area (Å²) in [5.74, 6) is -0.448. The lowest BCUT2D eigenvalue weighted by atomic mass is 9.85. The molecule has 3 aliphatic heterocycles. The maximum atomic E-state index is 13.5. The molecule has 1 aromatic carbocycles. The number of nitrogens with zero attached hydrogens (tertiary/aromatic N) is 1. The van der Waals surface area contributed by atoms with Crippen molar-refractivity contribution >= 4 is 14.2 Å². The second-order valence-electron chi connectivity index (χ2n) is 11.2. The van der Waals surface area contributed by atoms with Gasteiger partial charge in [-0.25, -0.2) is 0 Å². The highest BCUT2D eigenvalue weighted by Crippen LogP contribution is 2.46. The molecule has 0 bridgehead atoms. The number of hydrogen-bond donors (Lipinski definition) is 0. The fourth-order valence-corrected chi connectivity index (χ4v) is 6.28. The third-order valence-corrected chi connectivity index (χ3v) is 11.9. The number of carbonyl (C=O) groups excluding carboxylic acids is 1. The first-order valence-corrected chi connectivity index (χ1v) is 14.2. The van der Waals surface area contributed by atoms with Crippen LogP contribution in [0.3, 0.4) is 0 Å². The van der Waals surface area contributed by atoms with Gasteiger partial charge in [0.2, 0.25) is 5.91 Å². The molecule has 3 aliphatic rings. The molecular weight excluding hydrogens is 394 g/mol. The normalized spacial score (nSPS) is 33.5. The third kappa shape index (κ3) is 3.99. The number of carbonyl (C=O) groups is 1. The maximum Gasteiger partial charge on any atom is 0.226 e. The van der Waals surface area contributed by atoms with Gasteiger partial charge in [0.05, 0.1) is 18.7 Å². The molecule has 4 rings (SSSR count). The van der Waals surface area contributed by atoms with E-state index < -0.39 is 14.1 Å². The summed E-state index contributed by atoms with van der Waals surface area (Å²) >= 11 is 0. The molecule has 0 N–H and O–H groups in total. The predicted octanol–water partition coefficient (Wildman–Crippen LogP) is 4.37. The summed E-state index contributed by atoms with van der Waals surface area (Å²) in [6, 6.07) is 10.2. The number of fused-ring (bicyclic) bond motifs is 3. The van der Waals surface area contributed by atoms with E-state index in [2.05, 4.69) is 46.0 Å². The van der Waals surface area contributed by atoms with E-state index in [4.69, 9.17) is 13.9 Å². The molecule has 0 aliphatic carbocycles. The molecule has 6 heteroatoms. The monoisotopic (exact) mass is 431 g/mol. The SMILES string of the molecule is CC1(C)O[C@H]2[C@H]3[C@H](O[Si](C)(C)C(C)(C)C)C[C@H](Cc4ccccc4)C(=O)N3C[C@H]2O1. The van der Waals surface area contributed by atoms with Crippen LogP contribution in [0.5, 0.6) is 0 Å². The van der Waals surface area contributed by atoms with E-state index in [0.717, 1.165) is 12.8 Å². The summed E-state index contributed by atoms with van der Waals surface area (Å²) in [5, 5.41) is 0.110. The zero-order chi connectivity index (χ0) is 21.9. The van der Waals surface area contributed by atoms with E-state index in [1.807, 2.05) is 36.9 Å². The standard InChI is InChI=1S/C24H37NO4Si/c1-23(2,3)30(6,7)29-18-14-17(13-16-11-9-8-10-12-16)22(26)25-15-19-21(20(18)25)28-24(4,5)27-19/h8-12,17-21H,13-15H2,1-7H3/t17-,18+,19+,20+,21+/m0/s1. The van der Waals surface area contributed by atoms with Crippen LogP contribution in [0.4, 0.5) is 0 Å². The summed E-state index contributed by atoms with van der Waals surface area (Å²) in [4.78, 5) is 15.5. The molecule has 5 atom stereocenters. The topological polar surface area (TPSA) is 48.0 Å². The van der Waals surface area contributed by atoms with Crippen molar-refractivity contribution in [3.63, 3.8) is 0 Å². The Morgan fingerprint density at radius 1 is 1.17 bits per heavy atom. The second-order valence-corrected chi connectivity index (χ2v) is 15.9. The minimum Gasteiger partial charge on any atom is -0.412 e. The van der Waals surface area contributed by atoms with Gasteiger partial charge < -0.3 is 18.8 Å². The van der Waals surface area contributed by atoms with Crippen LogP contribution >= 0.6 is 0 Å². The van der Waals surface area contributed by atoms with Gasteiger partial charge in [-0.05, 0) is 50.4 Å². The molecule has 3 fully saturated rings. The van der Waals surface area contributed by atoms with Crippen molar-refractivity contribution in [1.29, 1.82) is 0 Å². The fourth-order valence-electron chi connectivity index (χ4n) is 4.93. The van der Waals surface area contributed by atoms with Gasteiger partial charge in [0, 0.05) is 5.92 Å². The molecule has 1 amide bonds. The quantitative estimate of drug-likeness (QED) is 0.664. The molecule has 5 nitrogen and oxygen atoms in total. The van der Waals surface area contributed by atoms with Gasteiger partial charge in [-0.1, -0.05) is 51.1 Å². The van der Waals surface area contributed by atoms with E-state index in [1.54, 1.807) is 0 Å². The summed E-state index contributed by atoms with van der Waals surface area (Å²) < 4.78 is 19.4. The number of rotatable bonds is 4. The Labute approximate surface area is 182 Å². The highest BCUT2D eigenvalue weighted by Gasteiger charge is 2.60. The van der Waals surface area contributed by atoms with Gasteiger partial charge in [0.1, 0.15) is 12.2 Å². The zero-order valence-electron chi connectivity index (χ0n) is 19.5. The predicted molar refractivity (Wildman–Crippen MR) is 120 cm³/mol. The van der Waals surface area contributed by atoms with Crippen molar-refractivity contribution in [2.45, 2.75) is 95.7 Å². The summed E-state index contributed by atoms with van der Waals surface area (Å²) in [5.41, 5.74) is 1.20. The van der Waals surface area contributed by atoms with Crippen molar-refractivity contribution in [3.05, 3.63) is 35.9 Å². The summed E-state index contributed by atoms with van der Waals surface area (Å²) in [6.45, 7) is 15.9. The van der Waals surface area contributed by atoms with Crippen LogP contribution in [0.15, 0.2) is 30.3 Å². The lowest BCUT2D eigenvalue weighted by Gasteiger charge is -2.47. The molecule has 30 heavy (non-hydrogen) atoms. The van der Waals surface area contributed by atoms with E-state index in [1.165, 1.54) is 5.56 Å². The first kappa shape index (κ1) is 22.0. The Morgan fingerprint density at radius 3 is 2.47 bits per heavy atom. The highest BCUT2D eigenvalue weighted by molar-refractivity contribution is 6.74. The van der Waals surface area contributed by atoms with Crippen LogP contribution in [0.2, 0.25) is 18.1 Å². The van der Waals surface area contributed by atoms with Crippen molar-refractivity contribution in [2.24, 2.45) is 5.92 Å². The smallest absolute Gasteiger partial charge is 0.226 e. The van der Waals surface area contributed by atoms with Crippen molar-refractivity contribution < 1.29 is 18.7 Å². The number of piperidine rings is 1. The minimum atomic E-state index is -2.01.